The molecule has 2 aromatic rings. The number of unbranched alkanes of at least 4 members (excludes halogenated alkanes) is 1. The molecule has 2 nitrogen and oxygen atoms in total. The van der Waals surface area contributed by atoms with E-state index in [0.717, 1.165) is 24.8 Å². The number of phenols is 1. The topological polar surface area (TPSA) is 32.3 Å². The first-order valence-corrected chi connectivity index (χ1v) is 8.18. The largest absolute Gasteiger partial charge is 0.508 e. The van der Waals surface area contributed by atoms with Crippen LogP contribution in [0.1, 0.15) is 57.2 Å². The first kappa shape index (κ1) is 16.6. The van der Waals surface area contributed by atoms with E-state index in [1.165, 1.54) is 5.56 Å². The molecule has 0 aromatic heterocycles. The van der Waals surface area contributed by atoms with Crippen LogP contribution in [0.2, 0.25) is 0 Å². The predicted molar refractivity (Wildman–Crippen MR) is 93.0 cm³/mol. The lowest BCUT2D eigenvalue weighted by molar-refractivity contribution is 0.287. The minimum Gasteiger partial charge on any atom is -0.508 e. The van der Waals surface area contributed by atoms with E-state index < -0.39 is 0 Å². The summed E-state index contributed by atoms with van der Waals surface area (Å²) in [4.78, 5) is 0. The van der Waals surface area contributed by atoms with Crippen molar-refractivity contribution in [1.82, 2.24) is 5.32 Å². The molecule has 0 aliphatic carbocycles. The van der Waals surface area contributed by atoms with Crippen molar-refractivity contribution in [3.63, 3.8) is 0 Å². The highest BCUT2D eigenvalue weighted by atomic mass is 16.3. The van der Waals surface area contributed by atoms with E-state index in [0.29, 0.717) is 5.75 Å². The van der Waals surface area contributed by atoms with Gasteiger partial charge in [0.05, 0.1) is 0 Å². The Labute approximate surface area is 134 Å². The van der Waals surface area contributed by atoms with Gasteiger partial charge in [0.15, 0.2) is 0 Å². The molecule has 0 bridgehead atoms. The molecule has 0 saturated heterocycles. The second-order valence-electron chi connectivity index (χ2n) is 6.23. The standard InChI is InChI=1S/C20H27NO/c1-4-5-15-20(3,18-13-9-10-14-19(18)22)21-16(2)17-11-7-6-8-12-17/h6-14,16,21-22H,4-5,15H2,1-3H3/t16-,20+/m1/s1. The molecule has 118 valence electrons. The van der Waals surface area contributed by atoms with Crippen LogP contribution in [0.4, 0.5) is 0 Å². The zero-order valence-electron chi connectivity index (χ0n) is 13.8. The Balaban J connectivity index is 2.28. The Morgan fingerprint density at radius 2 is 1.68 bits per heavy atom. The van der Waals surface area contributed by atoms with Gasteiger partial charge in [-0.3, -0.25) is 0 Å². The van der Waals surface area contributed by atoms with Crippen LogP contribution in [0.3, 0.4) is 0 Å². The lowest BCUT2D eigenvalue weighted by Crippen LogP contribution is -2.41. The van der Waals surface area contributed by atoms with E-state index >= 15 is 0 Å². The summed E-state index contributed by atoms with van der Waals surface area (Å²) in [6.45, 7) is 6.57. The molecule has 22 heavy (non-hydrogen) atoms. The zero-order valence-corrected chi connectivity index (χ0v) is 13.8. The van der Waals surface area contributed by atoms with Crippen LogP contribution < -0.4 is 5.32 Å². The number of aromatic hydroxyl groups is 1. The molecule has 2 heteroatoms. The van der Waals surface area contributed by atoms with Gasteiger partial charge in [-0.15, -0.1) is 0 Å². The van der Waals surface area contributed by atoms with Gasteiger partial charge < -0.3 is 10.4 Å². The maximum absolute atomic E-state index is 10.3. The molecule has 0 fully saturated rings. The van der Waals surface area contributed by atoms with Crippen LogP contribution >= 0.6 is 0 Å². The van der Waals surface area contributed by atoms with Gasteiger partial charge in [-0.05, 0) is 31.9 Å². The third-order valence-electron chi connectivity index (χ3n) is 4.36. The fourth-order valence-corrected chi connectivity index (χ4v) is 3.06. The SMILES string of the molecule is CCCC[C@](C)(N[C@H](C)c1ccccc1)c1ccccc1O. The quantitative estimate of drug-likeness (QED) is 0.741. The second-order valence-corrected chi connectivity index (χ2v) is 6.23. The van der Waals surface area contributed by atoms with Gasteiger partial charge in [-0.2, -0.15) is 0 Å². The summed E-state index contributed by atoms with van der Waals surface area (Å²) in [5.74, 6) is 0.369. The Morgan fingerprint density at radius 3 is 2.32 bits per heavy atom. The first-order valence-electron chi connectivity index (χ1n) is 8.18. The van der Waals surface area contributed by atoms with Crippen molar-refractivity contribution in [3.05, 3.63) is 65.7 Å². The van der Waals surface area contributed by atoms with E-state index in [1.54, 1.807) is 6.07 Å². The third kappa shape index (κ3) is 3.89. The molecule has 0 amide bonds. The number of hydrogen-bond donors (Lipinski definition) is 2. The van der Waals surface area contributed by atoms with Crippen molar-refractivity contribution < 1.29 is 5.11 Å². The van der Waals surface area contributed by atoms with Gasteiger partial charge in [-0.1, -0.05) is 68.3 Å². The second kappa shape index (κ2) is 7.46. The van der Waals surface area contributed by atoms with Crippen LogP contribution in [0.15, 0.2) is 54.6 Å². The predicted octanol–water partition coefficient (Wildman–Crippen LogP) is 5.15. The lowest BCUT2D eigenvalue weighted by atomic mass is 9.85. The minimum absolute atomic E-state index is 0.225. The Kier molecular flexibility index (Phi) is 5.62. The highest BCUT2D eigenvalue weighted by molar-refractivity contribution is 5.38. The molecular weight excluding hydrogens is 270 g/mol. The highest BCUT2D eigenvalue weighted by Crippen LogP contribution is 2.35. The summed E-state index contributed by atoms with van der Waals surface area (Å²) >= 11 is 0. The van der Waals surface area contributed by atoms with Crippen molar-refractivity contribution in [2.45, 2.75) is 51.6 Å². The Hall–Kier alpha value is -1.80. The van der Waals surface area contributed by atoms with Crippen molar-refractivity contribution in [2.24, 2.45) is 0 Å². The number of para-hydroxylation sites is 1. The molecule has 0 unspecified atom stereocenters. The van der Waals surface area contributed by atoms with Crippen molar-refractivity contribution in [2.75, 3.05) is 0 Å². The molecular formula is C20H27NO. The number of phenolic OH excluding ortho intramolecular Hbond substituents is 1. The summed E-state index contributed by atoms with van der Waals surface area (Å²) in [5, 5.41) is 14.0. The van der Waals surface area contributed by atoms with Gasteiger partial charge in [0, 0.05) is 17.1 Å². The number of rotatable bonds is 7. The molecule has 2 N–H and O–H groups in total. The summed E-state index contributed by atoms with van der Waals surface area (Å²) < 4.78 is 0. The smallest absolute Gasteiger partial charge is 0.120 e. The van der Waals surface area contributed by atoms with Crippen LogP contribution in [-0.4, -0.2) is 5.11 Å². The van der Waals surface area contributed by atoms with Crippen molar-refractivity contribution in [3.8, 4) is 5.75 Å². The Morgan fingerprint density at radius 1 is 1.05 bits per heavy atom. The Bertz CT molecular complexity index is 581. The maximum atomic E-state index is 10.3. The van der Waals surface area contributed by atoms with Gasteiger partial charge in [0.1, 0.15) is 5.75 Å². The van der Waals surface area contributed by atoms with E-state index in [1.807, 2.05) is 24.3 Å². The molecule has 0 radical (unpaired) electrons. The van der Waals surface area contributed by atoms with Crippen LogP contribution in [0.25, 0.3) is 0 Å². The molecule has 0 heterocycles. The average Bonchev–Trinajstić information content (AvgIpc) is 2.54. The van der Waals surface area contributed by atoms with E-state index in [-0.39, 0.29) is 11.6 Å². The van der Waals surface area contributed by atoms with Crippen LogP contribution in [0.5, 0.6) is 5.75 Å². The summed E-state index contributed by atoms with van der Waals surface area (Å²) in [6, 6.07) is 18.3. The number of benzene rings is 2. The fraction of sp³-hybridized carbons (Fsp3) is 0.400. The zero-order chi connectivity index (χ0) is 16.0. The fourth-order valence-electron chi connectivity index (χ4n) is 3.06. The van der Waals surface area contributed by atoms with Crippen molar-refractivity contribution >= 4 is 0 Å². The molecule has 2 rings (SSSR count). The van der Waals surface area contributed by atoms with E-state index in [9.17, 15) is 5.11 Å². The average molecular weight is 297 g/mol. The summed E-state index contributed by atoms with van der Waals surface area (Å²) in [6.07, 6.45) is 3.27. The van der Waals surface area contributed by atoms with Crippen LogP contribution in [-0.2, 0) is 5.54 Å². The molecule has 2 aromatic carbocycles. The monoisotopic (exact) mass is 297 g/mol. The third-order valence-corrected chi connectivity index (χ3v) is 4.36. The normalized spacial score (nSPS) is 15.2. The number of nitrogens with one attached hydrogen (secondary N) is 1. The summed E-state index contributed by atoms with van der Waals surface area (Å²) in [7, 11) is 0. The van der Waals surface area contributed by atoms with E-state index in [4.69, 9.17) is 0 Å². The highest BCUT2D eigenvalue weighted by Gasteiger charge is 2.30. The minimum atomic E-state index is -0.239. The van der Waals surface area contributed by atoms with Gasteiger partial charge >= 0.3 is 0 Å². The molecule has 0 aliphatic rings. The molecule has 0 saturated carbocycles. The van der Waals surface area contributed by atoms with E-state index in [2.05, 4.69) is 50.4 Å². The van der Waals surface area contributed by atoms with Gasteiger partial charge in [0.2, 0.25) is 0 Å². The number of hydrogen-bond acceptors (Lipinski definition) is 2. The van der Waals surface area contributed by atoms with Crippen LogP contribution in [0, 0.1) is 0 Å². The van der Waals surface area contributed by atoms with Gasteiger partial charge in [0.25, 0.3) is 0 Å². The van der Waals surface area contributed by atoms with Crippen molar-refractivity contribution in [1.29, 1.82) is 0 Å². The molecule has 0 spiro atoms. The molecule has 0 aliphatic heterocycles. The lowest BCUT2D eigenvalue weighted by Gasteiger charge is -2.35. The summed E-state index contributed by atoms with van der Waals surface area (Å²) in [5.41, 5.74) is 2.00. The molecule has 2 atom stereocenters. The first-order chi connectivity index (χ1) is 10.6. The van der Waals surface area contributed by atoms with Gasteiger partial charge in [-0.25, -0.2) is 0 Å². The maximum Gasteiger partial charge on any atom is 0.120 e.